The molecule has 0 aliphatic heterocycles. The molecule has 0 radical (unpaired) electrons. The highest BCUT2D eigenvalue weighted by Gasteiger charge is 2.02. The maximum Gasteiger partial charge on any atom is 0.305 e. The van der Waals surface area contributed by atoms with Crippen LogP contribution in [0.15, 0.2) is 0 Å². The van der Waals surface area contributed by atoms with E-state index in [4.69, 9.17) is 14.2 Å². The molecule has 4 heteroatoms. The van der Waals surface area contributed by atoms with Crippen LogP contribution in [0.25, 0.3) is 0 Å². The lowest BCUT2D eigenvalue weighted by atomic mass is 10.0. The largest absolute Gasteiger partial charge is 0.466 e. The summed E-state index contributed by atoms with van der Waals surface area (Å²) < 4.78 is 16.2. The van der Waals surface area contributed by atoms with Crippen molar-refractivity contribution in [2.45, 2.75) is 142 Å². The predicted molar refractivity (Wildman–Crippen MR) is 136 cm³/mol. The SMILES string of the molecule is CCCCCCCCCCCCCCCCCCOC(=O)CCCOCCOCCCC. The van der Waals surface area contributed by atoms with Gasteiger partial charge in [0.1, 0.15) is 0 Å². The van der Waals surface area contributed by atoms with E-state index in [0.717, 1.165) is 32.3 Å². The minimum Gasteiger partial charge on any atom is -0.466 e. The monoisotopic (exact) mass is 456 g/mol. The van der Waals surface area contributed by atoms with Gasteiger partial charge in [-0.1, -0.05) is 117 Å². The third-order valence-electron chi connectivity index (χ3n) is 5.94. The first-order chi connectivity index (χ1) is 15.8. The van der Waals surface area contributed by atoms with Crippen LogP contribution in [0.1, 0.15) is 142 Å². The summed E-state index contributed by atoms with van der Waals surface area (Å²) >= 11 is 0. The smallest absolute Gasteiger partial charge is 0.305 e. The second kappa shape index (κ2) is 28.4. The van der Waals surface area contributed by atoms with E-state index in [1.54, 1.807) is 0 Å². The maximum atomic E-state index is 11.7. The Morgan fingerprint density at radius 3 is 1.31 bits per heavy atom. The van der Waals surface area contributed by atoms with Crippen molar-refractivity contribution in [3.8, 4) is 0 Å². The van der Waals surface area contributed by atoms with Crippen molar-refractivity contribution in [1.82, 2.24) is 0 Å². The zero-order chi connectivity index (χ0) is 23.4. The van der Waals surface area contributed by atoms with Gasteiger partial charge in [0.15, 0.2) is 0 Å². The number of hydrogen-bond donors (Lipinski definition) is 0. The molecule has 192 valence electrons. The molecule has 0 aromatic heterocycles. The van der Waals surface area contributed by atoms with E-state index in [0.29, 0.717) is 32.8 Å². The molecule has 0 aromatic rings. The summed E-state index contributed by atoms with van der Waals surface area (Å²) in [6.45, 7) is 7.67. The minimum absolute atomic E-state index is 0.0891. The fourth-order valence-corrected chi connectivity index (χ4v) is 3.80. The molecule has 0 aliphatic rings. The van der Waals surface area contributed by atoms with E-state index in [1.807, 2.05) is 0 Å². The van der Waals surface area contributed by atoms with E-state index < -0.39 is 0 Å². The average Bonchev–Trinajstić information content (AvgIpc) is 2.80. The van der Waals surface area contributed by atoms with Crippen LogP contribution in [0.4, 0.5) is 0 Å². The molecule has 0 N–H and O–H groups in total. The molecular weight excluding hydrogens is 400 g/mol. The fraction of sp³-hybridized carbons (Fsp3) is 0.964. The number of hydrogen-bond acceptors (Lipinski definition) is 4. The van der Waals surface area contributed by atoms with Crippen LogP contribution in [0.5, 0.6) is 0 Å². The standard InChI is InChI=1S/C28H56O4/c1-3-5-7-8-9-10-11-12-13-14-15-16-17-18-19-20-25-32-28(29)22-21-24-31-27-26-30-23-6-4-2/h3-27H2,1-2H3. The molecule has 0 rings (SSSR count). The van der Waals surface area contributed by atoms with Gasteiger partial charge in [0.25, 0.3) is 0 Å². The zero-order valence-electron chi connectivity index (χ0n) is 21.8. The Kier molecular flexibility index (Phi) is 27.9. The molecule has 0 amide bonds. The van der Waals surface area contributed by atoms with E-state index >= 15 is 0 Å². The van der Waals surface area contributed by atoms with Gasteiger partial charge in [-0.15, -0.1) is 0 Å². The third kappa shape index (κ3) is 27.4. The van der Waals surface area contributed by atoms with Crippen molar-refractivity contribution < 1.29 is 19.0 Å². The summed E-state index contributed by atoms with van der Waals surface area (Å²) in [5, 5.41) is 0. The molecule has 0 saturated heterocycles. The van der Waals surface area contributed by atoms with Crippen LogP contribution in [0.2, 0.25) is 0 Å². The molecular formula is C28H56O4. The summed E-state index contributed by atoms with van der Waals surface area (Å²) in [7, 11) is 0. The first-order valence-electron chi connectivity index (χ1n) is 14.1. The van der Waals surface area contributed by atoms with Crippen molar-refractivity contribution >= 4 is 5.97 Å². The van der Waals surface area contributed by atoms with Gasteiger partial charge in [0.05, 0.1) is 19.8 Å². The summed E-state index contributed by atoms with van der Waals surface area (Å²) in [6.07, 6.45) is 25.2. The number of rotatable bonds is 27. The normalized spacial score (nSPS) is 11.2. The molecule has 0 bridgehead atoms. The predicted octanol–water partition coefficient (Wildman–Crippen LogP) is 8.40. The molecule has 0 aromatic carbocycles. The zero-order valence-corrected chi connectivity index (χ0v) is 21.8. The topological polar surface area (TPSA) is 44.8 Å². The number of esters is 1. The number of carbonyl (C=O) groups excluding carboxylic acids is 1. The van der Waals surface area contributed by atoms with E-state index in [1.165, 1.54) is 96.3 Å². The van der Waals surface area contributed by atoms with Crippen molar-refractivity contribution in [2.75, 3.05) is 33.0 Å². The van der Waals surface area contributed by atoms with Crippen molar-refractivity contribution in [3.05, 3.63) is 0 Å². The first-order valence-corrected chi connectivity index (χ1v) is 14.1. The molecule has 0 saturated carbocycles. The van der Waals surface area contributed by atoms with Crippen LogP contribution < -0.4 is 0 Å². The van der Waals surface area contributed by atoms with Gasteiger partial charge in [-0.3, -0.25) is 4.79 Å². The van der Waals surface area contributed by atoms with Gasteiger partial charge in [-0.2, -0.15) is 0 Å². The Morgan fingerprint density at radius 2 is 0.844 bits per heavy atom. The Labute approximate surface area is 200 Å². The van der Waals surface area contributed by atoms with E-state index in [2.05, 4.69) is 13.8 Å². The molecule has 0 aliphatic carbocycles. The minimum atomic E-state index is -0.0891. The van der Waals surface area contributed by atoms with Gasteiger partial charge in [0, 0.05) is 19.6 Å². The summed E-state index contributed by atoms with van der Waals surface area (Å²) in [4.78, 5) is 11.7. The van der Waals surface area contributed by atoms with Crippen molar-refractivity contribution in [1.29, 1.82) is 0 Å². The lowest BCUT2D eigenvalue weighted by Crippen LogP contribution is -2.09. The van der Waals surface area contributed by atoms with Gasteiger partial charge < -0.3 is 14.2 Å². The number of carbonyl (C=O) groups is 1. The van der Waals surface area contributed by atoms with Crippen LogP contribution >= 0.6 is 0 Å². The van der Waals surface area contributed by atoms with Gasteiger partial charge in [0.2, 0.25) is 0 Å². The Bertz CT molecular complexity index is 359. The first kappa shape index (κ1) is 31.4. The Hall–Kier alpha value is -0.610. The van der Waals surface area contributed by atoms with Crippen LogP contribution in [-0.4, -0.2) is 39.0 Å². The third-order valence-corrected chi connectivity index (χ3v) is 5.94. The molecule has 4 nitrogen and oxygen atoms in total. The highest BCUT2D eigenvalue weighted by Crippen LogP contribution is 2.13. The van der Waals surface area contributed by atoms with Crippen LogP contribution in [-0.2, 0) is 19.0 Å². The average molecular weight is 457 g/mol. The highest BCUT2D eigenvalue weighted by atomic mass is 16.5. The maximum absolute atomic E-state index is 11.7. The second-order valence-corrected chi connectivity index (χ2v) is 9.21. The molecule has 0 atom stereocenters. The van der Waals surface area contributed by atoms with Crippen LogP contribution in [0, 0.1) is 0 Å². The second-order valence-electron chi connectivity index (χ2n) is 9.21. The number of ether oxygens (including phenoxy) is 3. The Balaban J connectivity index is 3.12. The molecule has 0 fully saturated rings. The quantitative estimate of drug-likeness (QED) is 0.0919. The van der Waals surface area contributed by atoms with Crippen molar-refractivity contribution in [2.24, 2.45) is 0 Å². The molecule has 0 heterocycles. The van der Waals surface area contributed by atoms with Crippen LogP contribution in [0.3, 0.4) is 0 Å². The van der Waals surface area contributed by atoms with E-state index in [-0.39, 0.29) is 5.97 Å². The van der Waals surface area contributed by atoms with Crippen molar-refractivity contribution in [3.63, 3.8) is 0 Å². The Morgan fingerprint density at radius 1 is 0.438 bits per heavy atom. The highest BCUT2D eigenvalue weighted by molar-refractivity contribution is 5.69. The molecule has 0 unspecified atom stereocenters. The van der Waals surface area contributed by atoms with Gasteiger partial charge in [-0.25, -0.2) is 0 Å². The molecule has 32 heavy (non-hydrogen) atoms. The summed E-state index contributed by atoms with van der Waals surface area (Å²) in [5.41, 5.74) is 0. The van der Waals surface area contributed by atoms with Gasteiger partial charge in [-0.05, 0) is 19.3 Å². The van der Waals surface area contributed by atoms with Gasteiger partial charge >= 0.3 is 5.97 Å². The molecule has 0 spiro atoms. The number of unbranched alkanes of at least 4 members (excludes halogenated alkanes) is 16. The lowest BCUT2D eigenvalue weighted by molar-refractivity contribution is -0.144. The lowest BCUT2D eigenvalue weighted by Gasteiger charge is -2.06. The summed E-state index contributed by atoms with van der Waals surface area (Å²) in [6, 6.07) is 0. The fourth-order valence-electron chi connectivity index (χ4n) is 3.80. The summed E-state index contributed by atoms with van der Waals surface area (Å²) in [5.74, 6) is -0.0891. The van der Waals surface area contributed by atoms with E-state index in [9.17, 15) is 4.79 Å².